The summed E-state index contributed by atoms with van der Waals surface area (Å²) in [6.45, 7) is 3.85. The van der Waals surface area contributed by atoms with Crippen LogP contribution in [0.1, 0.15) is 0 Å². The van der Waals surface area contributed by atoms with Crippen molar-refractivity contribution >= 4 is 11.4 Å². The van der Waals surface area contributed by atoms with Crippen molar-refractivity contribution in [2.75, 3.05) is 50.0 Å². The molecule has 3 N–H and O–H groups in total. The molecule has 98 valence electrons. The summed E-state index contributed by atoms with van der Waals surface area (Å²) < 4.78 is 11.3. The van der Waals surface area contributed by atoms with E-state index in [2.05, 4.69) is 4.90 Å². The van der Waals surface area contributed by atoms with Crippen molar-refractivity contribution in [1.82, 2.24) is 5.06 Å². The number of fused-ring (bicyclic) bond motifs is 1. The van der Waals surface area contributed by atoms with Gasteiger partial charge in [0, 0.05) is 26.2 Å². The first kappa shape index (κ1) is 11.4. The largest absolute Gasteiger partial charge is 0.484 e. The predicted molar refractivity (Wildman–Crippen MR) is 67.4 cm³/mol. The van der Waals surface area contributed by atoms with Gasteiger partial charge in [-0.1, -0.05) is 0 Å². The minimum Gasteiger partial charge on any atom is -0.484 e. The number of nitrogen functional groups attached to an aromatic ring is 1. The highest BCUT2D eigenvalue weighted by molar-refractivity contribution is 5.73. The van der Waals surface area contributed by atoms with Gasteiger partial charge in [0.05, 0.1) is 11.4 Å². The van der Waals surface area contributed by atoms with Gasteiger partial charge in [-0.15, -0.1) is 0 Å². The summed E-state index contributed by atoms with van der Waals surface area (Å²) in [5.74, 6) is 1.37. The Balaban J connectivity index is 1.92. The Kier molecular flexibility index (Phi) is 2.89. The highest BCUT2D eigenvalue weighted by Gasteiger charge is 2.24. The van der Waals surface area contributed by atoms with Crippen LogP contribution in [-0.2, 0) is 0 Å². The minimum absolute atomic E-state index is 0.533. The zero-order valence-corrected chi connectivity index (χ0v) is 10.1. The molecular formula is C12H17N3O3. The maximum atomic E-state index is 9.39. The SMILES string of the molecule is Nc1ccc(N2CCN(O)CC2)c2c1OCCO2. The van der Waals surface area contributed by atoms with Crippen LogP contribution in [0.4, 0.5) is 11.4 Å². The van der Waals surface area contributed by atoms with E-state index >= 15 is 0 Å². The lowest BCUT2D eigenvalue weighted by Gasteiger charge is -2.35. The van der Waals surface area contributed by atoms with Crippen LogP contribution in [0.5, 0.6) is 11.5 Å². The van der Waals surface area contributed by atoms with E-state index in [1.807, 2.05) is 12.1 Å². The number of hydrogen-bond donors (Lipinski definition) is 2. The maximum absolute atomic E-state index is 9.39. The van der Waals surface area contributed by atoms with Crippen molar-refractivity contribution in [3.05, 3.63) is 12.1 Å². The number of rotatable bonds is 1. The van der Waals surface area contributed by atoms with Gasteiger partial charge in [0.1, 0.15) is 13.2 Å². The molecule has 0 spiro atoms. The molecule has 2 aliphatic rings. The van der Waals surface area contributed by atoms with Crippen LogP contribution in [0.15, 0.2) is 12.1 Å². The number of benzene rings is 1. The first-order valence-electron chi connectivity index (χ1n) is 6.12. The molecule has 3 rings (SSSR count). The molecule has 0 atom stereocenters. The van der Waals surface area contributed by atoms with Crippen molar-refractivity contribution < 1.29 is 14.7 Å². The molecule has 1 aromatic carbocycles. The molecule has 18 heavy (non-hydrogen) atoms. The fourth-order valence-corrected chi connectivity index (χ4v) is 2.33. The van der Waals surface area contributed by atoms with Crippen LogP contribution >= 0.6 is 0 Å². The molecule has 0 radical (unpaired) electrons. The monoisotopic (exact) mass is 251 g/mol. The van der Waals surface area contributed by atoms with E-state index in [0.717, 1.165) is 24.5 Å². The van der Waals surface area contributed by atoms with Crippen LogP contribution in [0, 0.1) is 0 Å². The highest BCUT2D eigenvalue weighted by atomic mass is 16.6. The van der Waals surface area contributed by atoms with E-state index in [4.69, 9.17) is 15.2 Å². The van der Waals surface area contributed by atoms with Gasteiger partial charge in [0.15, 0.2) is 11.5 Å². The summed E-state index contributed by atoms with van der Waals surface area (Å²) in [6.07, 6.45) is 0. The number of anilines is 2. The molecule has 1 aromatic rings. The normalized spacial score (nSPS) is 19.9. The second kappa shape index (κ2) is 4.55. The number of hydroxylamine groups is 2. The lowest BCUT2D eigenvalue weighted by molar-refractivity contribution is -0.0936. The number of hydrogen-bond acceptors (Lipinski definition) is 6. The average Bonchev–Trinajstić information content (AvgIpc) is 2.41. The fraction of sp³-hybridized carbons (Fsp3) is 0.500. The topological polar surface area (TPSA) is 71.2 Å². The summed E-state index contributed by atoms with van der Waals surface area (Å²) in [7, 11) is 0. The van der Waals surface area contributed by atoms with Gasteiger partial charge in [0.25, 0.3) is 0 Å². The summed E-state index contributed by atoms with van der Waals surface area (Å²) >= 11 is 0. The summed E-state index contributed by atoms with van der Waals surface area (Å²) in [5.41, 5.74) is 7.49. The Morgan fingerprint density at radius 1 is 1.00 bits per heavy atom. The second-order valence-electron chi connectivity index (χ2n) is 4.47. The fourth-order valence-electron chi connectivity index (χ4n) is 2.33. The number of ether oxygens (including phenoxy) is 2. The Labute approximate surface area is 105 Å². The van der Waals surface area contributed by atoms with Crippen molar-refractivity contribution in [2.24, 2.45) is 0 Å². The molecule has 2 aliphatic heterocycles. The molecule has 6 nitrogen and oxygen atoms in total. The van der Waals surface area contributed by atoms with Crippen molar-refractivity contribution in [3.8, 4) is 11.5 Å². The average molecular weight is 251 g/mol. The zero-order valence-electron chi connectivity index (χ0n) is 10.1. The van der Waals surface area contributed by atoms with Crippen LogP contribution in [-0.4, -0.2) is 49.7 Å². The van der Waals surface area contributed by atoms with Gasteiger partial charge in [-0.2, -0.15) is 5.06 Å². The molecule has 1 saturated heterocycles. The van der Waals surface area contributed by atoms with E-state index in [9.17, 15) is 5.21 Å². The third-order valence-corrected chi connectivity index (χ3v) is 3.29. The quantitative estimate of drug-likeness (QED) is 0.710. The molecule has 0 amide bonds. The molecular weight excluding hydrogens is 234 g/mol. The number of piperazine rings is 1. The predicted octanol–water partition coefficient (Wildman–Crippen LogP) is 0.551. The summed E-state index contributed by atoms with van der Waals surface area (Å²) in [6, 6.07) is 3.80. The minimum atomic E-state index is 0.533. The maximum Gasteiger partial charge on any atom is 0.186 e. The van der Waals surface area contributed by atoms with Gasteiger partial charge in [-0.3, -0.25) is 0 Å². The van der Waals surface area contributed by atoms with Crippen LogP contribution in [0.2, 0.25) is 0 Å². The summed E-state index contributed by atoms with van der Waals surface area (Å²) in [4.78, 5) is 2.18. The number of nitrogens with two attached hydrogens (primary N) is 1. The lowest BCUT2D eigenvalue weighted by Crippen LogP contribution is -2.45. The molecule has 0 aliphatic carbocycles. The molecule has 0 unspecified atom stereocenters. The van der Waals surface area contributed by atoms with Gasteiger partial charge < -0.3 is 25.3 Å². The van der Waals surface area contributed by atoms with E-state index in [-0.39, 0.29) is 0 Å². The van der Waals surface area contributed by atoms with E-state index in [0.29, 0.717) is 37.7 Å². The molecule has 2 heterocycles. The molecule has 0 bridgehead atoms. The van der Waals surface area contributed by atoms with Crippen LogP contribution < -0.4 is 20.1 Å². The molecule has 1 fully saturated rings. The third-order valence-electron chi connectivity index (χ3n) is 3.29. The standard InChI is InChI=1S/C12H17N3O3/c13-9-1-2-10(12-11(9)17-7-8-18-12)14-3-5-15(16)6-4-14/h1-2,16H,3-8,13H2. The van der Waals surface area contributed by atoms with Crippen molar-refractivity contribution in [3.63, 3.8) is 0 Å². The van der Waals surface area contributed by atoms with E-state index in [1.165, 1.54) is 5.06 Å². The Morgan fingerprint density at radius 2 is 1.67 bits per heavy atom. The summed E-state index contributed by atoms with van der Waals surface area (Å²) in [5, 5.41) is 10.7. The van der Waals surface area contributed by atoms with Gasteiger partial charge in [-0.05, 0) is 12.1 Å². The Bertz CT molecular complexity index is 444. The van der Waals surface area contributed by atoms with Gasteiger partial charge in [-0.25, -0.2) is 0 Å². The first-order valence-corrected chi connectivity index (χ1v) is 6.12. The molecule has 6 heteroatoms. The van der Waals surface area contributed by atoms with Crippen molar-refractivity contribution in [2.45, 2.75) is 0 Å². The second-order valence-corrected chi connectivity index (χ2v) is 4.47. The van der Waals surface area contributed by atoms with Crippen LogP contribution in [0.3, 0.4) is 0 Å². The van der Waals surface area contributed by atoms with Gasteiger partial charge in [0.2, 0.25) is 0 Å². The van der Waals surface area contributed by atoms with E-state index < -0.39 is 0 Å². The van der Waals surface area contributed by atoms with Gasteiger partial charge >= 0.3 is 0 Å². The molecule has 0 saturated carbocycles. The Hall–Kier alpha value is -1.66. The third kappa shape index (κ3) is 1.93. The van der Waals surface area contributed by atoms with Crippen LogP contribution in [0.25, 0.3) is 0 Å². The number of nitrogens with zero attached hydrogens (tertiary/aromatic N) is 2. The molecule has 0 aromatic heterocycles. The Morgan fingerprint density at radius 3 is 2.39 bits per heavy atom. The highest BCUT2D eigenvalue weighted by Crippen LogP contribution is 2.43. The van der Waals surface area contributed by atoms with E-state index in [1.54, 1.807) is 0 Å². The first-order chi connectivity index (χ1) is 8.75. The zero-order chi connectivity index (χ0) is 12.5. The smallest absolute Gasteiger partial charge is 0.186 e. The van der Waals surface area contributed by atoms with Crippen molar-refractivity contribution in [1.29, 1.82) is 0 Å². The lowest BCUT2D eigenvalue weighted by atomic mass is 10.2.